The van der Waals surface area contributed by atoms with Crippen molar-refractivity contribution in [3.63, 3.8) is 0 Å². The van der Waals surface area contributed by atoms with Crippen LogP contribution in [0.3, 0.4) is 0 Å². The number of carbonyl (C=O) groups is 1. The normalized spacial score (nSPS) is 35.3. The quantitative estimate of drug-likeness (QED) is 0.260. The van der Waals surface area contributed by atoms with Crippen molar-refractivity contribution < 1.29 is 50.0 Å². The zero-order chi connectivity index (χ0) is 26.5. The first-order valence-electron chi connectivity index (χ1n) is 12.3. The second-order valence-electron chi connectivity index (χ2n) is 10.5. The van der Waals surface area contributed by atoms with E-state index in [1.165, 1.54) is 0 Å². The number of benzene rings is 1. The van der Waals surface area contributed by atoms with Crippen molar-refractivity contribution in [2.24, 2.45) is 5.92 Å². The van der Waals surface area contributed by atoms with E-state index in [1.807, 2.05) is 13.8 Å². The van der Waals surface area contributed by atoms with Crippen molar-refractivity contribution in [3.05, 3.63) is 33.9 Å². The maximum atomic E-state index is 13.3. The summed E-state index contributed by atoms with van der Waals surface area (Å²) in [5.41, 5.74) is 2.21. The van der Waals surface area contributed by atoms with Gasteiger partial charge >= 0.3 is 0 Å². The number of Topliss-reactive ketones (excluding diaryl/α,β-unsaturated/α-hetero) is 1. The lowest BCUT2D eigenvalue weighted by Gasteiger charge is -2.47. The third-order valence-corrected chi connectivity index (χ3v) is 8.18. The van der Waals surface area contributed by atoms with E-state index in [4.69, 9.17) is 9.47 Å². The van der Waals surface area contributed by atoms with Crippen molar-refractivity contribution >= 4 is 5.78 Å². The van der Waals surface area contributed by atoms with E-state index in [2.05, 4.69) is 0 Å². The van der Waals surface area contributed by atoms with Gasteiger partial charge in [0, 0.05) is 34.9 Å². The molecule has 0 radical (unpaired) electrons. The van der Waals surface area contributed by atoms with Crippen LogP contribution in [0.5, 0.6) is 11.5 Å². The van der Waals surface area contributed by atoms with Gasteiger partial charge in [0.25, 0.3) is 0 Å². The Morgan fingerprint density at radius 2 is 1.89 bits per heavy atom. The molecule has 1 unspecified atom stereocenters. The van der Waals surface area contributed by atoms with Crippen LogP contribution in [0, 0.1) is 5.92 Å². The SMILES string of the molecule is CC1=C(CO)CC[C@]2(C)c3c(cc(CC(C)O)c(O[C@@H]4O[C@H](CO)[C@@H](O)[C@H](O)[C@H]4O)c3O)C(=O)C[C@@H]12. The lowest BCUT2D eigenvalue weighted by molar-refractivity contribution is -0.277. The van der Waals surface area contributed by atoms with Crippen LogP contribution < -0.4 is 4.74 Å². The zero-order valence-corrected chi connectivity index (χ0v) is 20.7. The largest absolute Gasteiger partial charge is 0.504 e. The number of allylic oxidation sites excluding steroid dienone is 1. The molecule has 0 bridgehead atoms. The van der Waals surface area contributed by atoms with Gasteiger partial charge in [0.05, 0.1) is 19.3 Å². The number of hydrogen-bond acceptors (Lipinski definition) is 10. The maximum Gasteiger partial charge on any atom is 0.229 e. The van der Waals surface area contributed by atoms with Crippen LogP contribution in [0.15, 0.2) is 17.2 Å². The number of hydrogen-bond donors (Lipinski definition) is 7. The van der Waals surface area contributed by atoms with Crippen molar-refractivity contribution in [3.8, 4) is 11.5 Å². The minimum atomic E-state index is -1.70. The Kier molecular flexibility index (Phi) is 7.51. The fourth-order valence-corrected chi connectivity index (χ4v) is 6.07. The number of rotatable bonds is 6. The van der Waals surface area contributed by atoms with E-state index in [-0.39, 0.29) is 42.6 Å². The van der Waals surface area contributed by atoms with Crippen LogP contribution in [-0.2, 0) is 16.6 Å². The second-order valence-corrected chi connectivity index (χ2v) is 10.5. The fourth-order valence-electron chi connectivity index (χ4n) is 6.07. The van der Waals surface area contributed by atoms with Gasteiger partial charge in [-0.2, -0.15) is 0 Å². The summed E-state index contributed by atoms with van der Waals surface area (Å²) < 4.78 is 11.4. The molecule has 1 heterocycles. The Morgan fingerprint density at radius 1 is 1.19 bits per heavy atom. The molecule has 1 aromatic carbocycles. The average molecular weight is 509 g/mol. The minimum absolute atomic E-state index is 0.0224. The number of carbonyl (C=O) groups excluding carboxylic acids is 1. The first-order valence-corrected chi connectivity index (χ1v) is 12.3. The third-order valence-electron chi connectivity index (χ3n) is 8.18. The van der Waals surface area contributed by atoms with Crippen LogP contribution in [0.1, 0.15) is 61.5 Å². The monoisotopic (exact) mass is 508 g/mol. The van der Waals surface area contributed by atoms with Gasteiger partial charge < -0.3 is 45.2 Å². The van der Waals surface area contributed by atoms with Gasteiger partial charge in [0.2, 0.25) is 6.29 Å². The summed E-state index contributed by atoms with van der Waals surface area (Å²) in [6, 6.07) is 1.59. The summed E-state index contributed by atoms with van der Waals surface area (Å²) in [6.07, 6.45) is -7.14. The number of fused-ring (bicyclic) bond motifs is 3. The summed E-state index contributed by atoms with van der Waals surface area (Å²) in [5.74, 6) is -0.835. The fraction of sp³-hybridized carbons (Fsp3) is 0.654. The van der Waals surface area contributed by atoms with E-state index in [1.54, 1.807) is 13.0 Å². The molecule has 200 valence electrons. The second kappa shape index (κ2) is 10.0. The molecule has 0 saturated carbocycles. The zero-order valence-electron chi connectivity index (χ0n) is 20.7. The molecule has 8 atom stereocenters. The van der Waals surface area contributed by atoms with E-state index in [0.717, 1.165) is 11.1 Å². The highest BCUT2D eigenvalue weighted by atomic mass is 16.7. The number of aromatic hydroxyl groups is 1. The first-order chi connectivity index (χ1) is 16.9. The van der Waals surface area contributed by atoms with Gasteiger partial charge in [0.1, 0.15) is 24.4 Å². The van der Waals surface area contributed by atoms with Gasteiger partial charge in [-0.3, -0.25) is 4.79 Å². The molecule has 0 amide bonds. The molecule has 1 saturated heterocycles. The van der Waals surface area contributed by atoms with Gasteiger partial charge in [0.15, 0.2) is 17.3 Å². The standard InChI is InChI=1S/C26H36O10/c1-11(29)6-14-7-15-17(30)8-16-12(2)13(9-27)4-5-26(16,3)19(15)21(32)24(14)36-25-23(34)22(33)20(31)18(10-28)35-25/h7,11,16,18,20,22-23,25,27-29,31-34H,4-6,8-10H2,1-3H3/t11?,16-,18+,20+,22-,23+,25-,26-/m0/s1. The van der Waals surface area contributed by atoms with Crippen molar-refractivity contribution in [1.29, 1.82) is 0 Å². The molecule has 0 aromatic heterocycles. The Labute approximate surface area is 209 Å². The Bertz CT molecular complexity index is 1050. The van der Waals surface area contributed by atoms with Gasteiger partial charge in [-0.1, -0.05) is 12.5 Å². The van der Waals surface area contributed by atoms with Crippen LogP contribution in [0.2, 0.25) is 0 Å². The van der Waals surface area contributed by atoms with E-state index in [0.29, 0.717) is 29.5 Å². The Balaban J connectivity index is 1.84. The van der Waals surface area contributed by atoms with Crippen LogP contribution in [0.25, 0.3) is 0 Å². The average Bonchev–Trinajstić information content (AvgIpc) is 2.82. The van der Waals surface area contributed by atoms with Crippen LogP contribution in [-0.4, -0.2) is 91.6 Å². The Hall–Kier alpha value is -2.05. The highest BCUT2D eigenvalue weighted by molar-refractivity contribution is 6.01. The van der Waals surface area contributed by atoms with E-state index < -0.39 is 48.8 Å². The summed E-state index contributed by atoms with van der Waals surface area (Å²) in [4.78, 5) is 13.3. The molecule has 4 rings (SSSR count). The molecule has 2 aliphatic carbocycles. The molecule has 1 fully saturated rings. The molecule has 1 aliphatic heterocycles. The highest BCUT2D eigenvalue weighted by Gasteiger charge is 2.50. The molecule has 36 heavy (non-hydrogen) atoms. The molecule has 10 nitrogen and oxygen atoms in total. The molecular formula is C26H36O10. The van der Waals surface area contributed by atoms with Crippen molar-refractivity contribution in [1.82, 2.24) is 0 Å². The number of aliphatic hydroxyl groups is 6. The molecule has 3 aliphatic rings. The number of phenols is 1. The lowest BCUT2D eigenvalue weighted by atomic mass is 9.56. The van der Waals surface area contributed by atoms with E-state index in [9.17, 15) is 40.5 Å². The van der Waals surface area contributed by atoms with E-state index >= 15 is 0 Å². The third kappa shape index (κ3) is 4.34. The summed E-state index contributed by atoms with van der Waals surface area (Å²) >= 11 is 0. The van der Waals surface area contributed by atoms with Gasteiger partial charge in [-0.05, 0) is 44.2 Å². The molecule has 1 aromatic rings. The van der Waals surface area contributed by atoms with Gasteiger partial charge in [-0.15, -0.1) is 0 Å². The summed E-state index contributed by atoms with van der Waals surface area (Å²) in [6.45, 7) is 4.67. The summed E-state index contributed by atoms with van der Waals surface area (Å²) in [7, 11) is 0. The predicted molar refractivity (Wildman–Crippen MR) is 127 cm³/mol. The minimum Gasteiger partial charge on any atom is -0.504 e. The molecule has 10 heteroatoms. The molecular weight excluding hydrogens is 472 g/mol. The number of ether oxygens (including phenoxy) is 2. The summed E-state index contributed by atoms with van der Waals surface area (Å²) in [5, 5.41) is 71.8. The van der Waals surface area contributed by atoms with Gasteiger partial charge in [-0.25, -0.2) is 0 Å². The number of aliphatic hydroxyl groups excluding tert-OH is 6. The smallest absolute Gasteiger partial charge is 0.229 e. The van der Waals surface area contributed by atoms with Crippen LogP contribution >= 0.6 is 0 Å². The Morgan fingerprint density at radius 3 is 2.50 bits per heavy atom. The topological polar surface area (TPSA) is 177 Å². The van der Waals surface area contributed by atoms with Crippen molar-refractivity contribution in [2.75, 3.05) is 13.2 Å². The van der Waals surface area contributed by atoms with Crippen LogP contribution in [0.4, 0.5) is 0 Å². The lowest BCUT2D eigenvalue weighted by Crippen LogP contribution is -2.60. The highest BCUT2D eigenvalue weighted by Crippen LogP contribution is 2.56. The molecule has 0 spiro atoms. The van der Waals surface area contributed by atoms with Crippen molar-refractivity contribution in [2.45, 2.75) is 88.7 Å². The predicted octanol–water partition coefficient (Wildman–Crippen LogP) is 0.0571. The maximum absolute atomic E-state index is 13.3. The first kappa shape index (κ1) is 27.0. The number of phenolic OH excluding ortho intramolecular Hbond substituents is 1. The number of ketones is 1. The molecule has 7 N–H and O–H groups in total.